The average Bonchev–Trinajstić information content (AvgIpc) is 3.32. The minimum Gasteiger partial charge on any atom is -0.490 e. The molecule has 2 N–H and O–H groups in total. The molecule has 0 spiro atoms. The van der Waals surface area contributed by atoms with Gasteiger partial charge in [0.15, 0.2) is 17.3 Å². The van der Waals surface area contributed by atoms with E-state index in [0.717, 1.165) is 16.3 Å². The van der Waals surface area contributed by atoms with Crippen LogP contribution in [0.15, 0.2) is 47.8 Å². The number of nitrogens with one attached hydrogen (secondary N) is 2. The van der Waals surface area contributed by atoms with E-state index < -0.39 is 0 Å². The second-order valence-corrected chi connectivity index (χ2v) is 6.47. The van der Waals surface area contributed by atoms with Gasteiger partial charge in [0, 0.05) is 12.5 Å². The predicted molar refractivity (Wildman–Crippen MR) is 103 cm³/mol. The quantitative estimate of drug-likeness (QED) is 0.549. The first kappa shape index (κ1) is 18.0. The molecule has 0 aliphatic carbocycles. The first-order chi connectivity index (χ1) is 12.8. The Labute approximate surface area is 156 Å². The summed E-state index contributed by atoms with van der Waals surface area (Å²) in [6, 6.07) is 13.3. The van der Waals surface area contributed by atoms with Gasteiger partial charge < -0.3 is 14.8 Å². The maximum Gasteiger partial charge on any atom is 0.225 e. The number of anilines is 1. The minimum absolute atomic E-state index is 0.0871. The number of nitrogens with zero attached hydrogens (tertiary/aromatic N) is 1. The summed E-state index contributed by atoms with van der Waals surface area (Å²) in [5.41, 5.74) is 0.895. The molecular formula is C19H21N3O3S. The Morgan fingerprint density at radius 3 is 2.73 bits per heavy atom. The van der Waals surface area contributed by atoms with Gasteiger partial charge in [0.2, 0.25) is 5.91 Å². The summed E-state index contributed by atoms with van der Waals surface area (Å²) in [6.45, 7) is 2.96. The van der Waals surface area contributed by atoms with Crippen molar-refractivity contribution in [2.75, 3.05) is 18.5 Å². The fraction of sp³-hybridized carbons (Fsp3) is 0.263. The van der Waals surface area contributed by atoms with Crippen molar-refractivity contribution in [1.82, 2.24) is 10.2 Å². The van der Waals surface area contributed by atoms with Gasteiger partial charge in [0.25, 0.3) is 0 Å². The molecule has 3 rings (SSSR count). The number of amides is 1. The number of para-hydroxylation sites is 2. The van der Waals surface area contributed by atoms with Gasteiger partial charge in [0.05, 0.1) is 23.8 Å². The molecule has 2 heterocycles. The number of carbonyl (C=O) groups excluding carboxylic acids is 1. The van der Waals surface area contributed by atoms with Gasteiger partial charge in [-0.25, -0.2) is 0 Å². The lowest BCUT2D eigenvalue weighted by Gasteiger charge is -2.11. The molecule has 0 saturated heterocycles. The molecule has 0 saturated carbocycles. The Morgan fingerprint density at radius 1 is 1.19 bits per heavy atom. The van der Waals surface area contributed by atoms with Crippen molar-refractivity contribution in [3.8, 4) is 22.1 Å². The maximum atomic E-state index is 12.0. The molecule has 2 aromatic heterocycles. The number of benzene rings is 1. The SMILES string of the molecule is CCOc1ccccc1OCCCC(=O)Nc1cc(-c2cccs2)[nH]n1. The first-order valence-electron chi connectivity index (χ1n) is 8.50. The van der Waals surface area contributed by atoms with Crippen LogP contribution in [0.2, 0.25) is 0 Å². The summed E-state index contributed by atoms with van der Waals surface area (Å²) >= 11 is 1.62. The van der Waals surface area contributed by atoms with E-state index in [4.69, 9.17) is 9.47 Å². The lowest BCUT2D eigenvalue weighted by atomic mass is 10.3. The molecule has 6 nitrogen and oxygen atoms in total. The number of hydrogen-bond acceptors (Lipinski definition) is 5. The van der Waals surface area contributed by atoms with Gasteiger partial charge >= 0.3 is 0 Å². The van der Waals surface area contributed by atoms with Crippen molar-refractivity contribution in [3.63, 3.8) is 0 Å². The molecule has 0 fully saturated rings. The largest absolute Gasteiger partial charge is 0.490 e. The predicted octanol–water partition coefficient (Wildman–Crippen LogP) is 4.33. The molecule has 0 bridgehead atoms. The summed E-state index contributed by atoms with van der Waals surface area (Å²) in [5, 5.41) is 11.8. The Morgan fingerprint density at radius 2 is 2.00 bits per heavy atom. The number of carbonyl (C=O) groups is 1. The van der Waals surface area contributed by atoms with Crippen molar-refractivity contribution in [3.05, 3.63) is 47.8 Å². The van der Waals surface area contributed by atoms with E-state index >= 15 is 0 Å². The number of rotatable bonds is 9. The lowest BCUT2D eigenvalue weighted by molar-refractivity contribution is -0.116. The molecule has 0 unspecified atom stereocenters. The number of H-pyrrole nitrogens is 1. The molecule has 0 aliphatic heterocycles. The zero-order valence-corrected chi connectivity index (χ0v) is 15.3. The maximum absolute atomic E-state index is 12.0. The van der Waals surface area contributed by atoms with Gasteiger partial charge in [-0.05, 0) is 36.9 Å². The van der Waals surface area contributed by atoms with Gasteiger partial charge in [-0.3, -0.25) is 9.89 Å². The number of hydrogen-bond donors (Lipinski definition) is 2. The monoisotopic (exact) mass is 371 g/mol. The Kier molecular flexibility index (Phi) is 6.27. The van der Waals surface area contributed by atoms with Crippen LogP contribution in [0.1, 0.15) is 19.8 Å². The van der Waals surface area contributed by atoms with E-state index in [1.165, 1.54) is 0 Å². The molecule has 3 aromatic rings. The van der Waals surface area contributed by atoms with E-state index in [2.05, 4.69) is 15.5 Å². The standard InChI is InChI=1S/C19H21N3O3S/c1-2-24-15-7-3-4-8-16(15)25-11-5-10-19(23)20-18-13-14(21-22-18)17-9-6-12-26-17/h3-4,6-9,12-13H,2,5,10-11H2,1H3,(H2,20,21,22,23). The minimum atomic E-state index is -0.0871. The highest BCUT2D eigenvalue weighted by Crippen LogP contribution is 2.26. The van der Waals surface area contributed by atoms with E-state index in [9.17, 15) is 4.79 Å². The molecule has 26 heavy (non-hydrogen) atoms. The number of ether oxygens (including phenoxy) is 2. The van der Waals surface area contributed by atoms with Crippen LogP contribution in [-0.4, -0.2) is 29.3 Å². The molecule has 1 amide bonds. The van der Waals surface area contributed by atoms with E-state index in [-0.39, 0.29) is 5.91 Å². The van der Waals surface area contributed by atoms with Crippen LogP contribution in [0.5, 0.6) is 11.5 Å². The smallest absolute Gasteiger partial charge is 0.225 e. The van der Waals surface area contributed by atoms with Crippen molar-refractivity contribution in [1.29, 1.82) is 0 Å². The lowest BCUT2D eigenvalue weighted by Crippen LogP contribution is -2.13. The highest BCUT2D eigenvalue weighted by Gasteiger charge is 2.09. The molecule has 0 aliphatic rings. The van der Waals surface area contributed by atoms with Gasteiger partial charge in [-0.1, -0.05) is 18.2 Å². The summed E-state index contributed by atoms with van der Waals surface area (Å²) < 4.78 is 11.2. The number of aromatic nitrogens is 2. The summed E-state index contributed by atoms with van der Waals surface area (Å²) in [6.07, 6.45) is 0.965. The summed E-state index contributed by atoms with van der Waals surface area (Å²) in [7, 11) is 0. The molecule has 0 radical (unpaired) electrons. The third kappa shape index (κ3) is 4.86. The van der Waals surface area contributed by atoms with Gasteiger partial charge in [0.1, 0.15) is 0 Å². The Hall–Kier alpha value is -2.80. The van der Waals surface area contributed by atoms with Crippen LogP contribution in [0, 0.1) is 0 Å². The van der Waals surface area contributed by atoms with E-state index in [1.807, 2.05) is 54.8 Å². The van der Waals surface area contributed by atoms with Crippen LogP contribution >= 0.6 is 11.3 Å². The Bertz CT molecular complexity index is 830. The molecule has 7 heteroatoms. The second kappa shape index (κ2) is 9.05. The highest BCUT2D eigenvalue weighted by atomic mass is 32.1. The molecule has 136 valence electrons. The van der Waals surface area contributed by atoms with Crippen LogP contribution in [-0.2, 0) is 4.79 Å². The first-order valence-corrected chi connectivity index (χ1v) is 9.38. The summed E-state index contributed by atoms with van der Waals surface area (Å²) in [5.74, 6) is 1.86. The van der Waals surface area contributed by atoms with Crippen molar-refractivity contribution >= 4 is 23.1 Å². The molecule has 1 aromatic carbocycles. The third-order valence-electron chi connectivity index (χ3n) is 3.59. The highest BCUT2D eigenvalue weighted by molar-refractivity contribution is 7.13. The van der Waals surface area contributed by atoms with Crippen LogP contribution < -0.4 is 14.8 Å². The van der Waals surface area contributed by atoms with E-state index in [0.29, 0.717) is 37.6 Å². The number of thiophene rings is 1. The van der Waals surface area contributed by atoms with Gasteiger partial charge in [-0.2, -0.15) is 5.10 Å². The van der Waals surface area contributed by atoms with E-state index in [1.54, 1.807) is 11.3 Å². The normalized spacial score (nSPS) is 10.5. The summed E-state index contributed by atoms with van der Waals surface area (Å²) in [4.78, 5) is 13.1. The Balaban J connectivity index is 1.42. The molecule has 0 atom stereocenters. The molecular weight excluding hydrogens is 350 g/mol. The average molecular weight is 371 g/mol. The van der Waals surface area contributed by atoms with Crippen molar-refractivity contribution < 1.29 is 14.3 Å². The fourth-order valence-corrected chi connectivity index (χ4v) is 3.10. The topological polar surface area (TPSA) is 76.2 Å². The fourth-order valence-electron chi connectivity index (χ4n) is 2.41. The van der Waals surface area contributed by atoms with Crippen molar-refractivity contribution in [2.45, 2.75) is 19.8 Å². The zero-order valence-electron chi connectivity index (χ0n) is 14.5. The zero-order chi connectivity index (χ0) is 18.2. The van der Waals surface area contributed by atoms with Crippen LogP contribution in [0.4, 0.5) is 5.82 Å². The second-order valence-electron chi connectivity index (χ2n) is 5.52. The van der Waals surface area contributed by atoms with Gasteiger partial charge in [-0.15, -0.1) is 11.3 Å². The van der Waals surface area contributed by atoms with Crippen LogP contribution in [0.25, 0.3) is 10.6 Å². The van der Waals surface area contributed by atoms with Crippen molar-refractivity contribution in [2.24, 2.45) is 0 Å². The number of aromatic amines is 1. The third-order valence-corrected chi connectivity index (χ3v) is 4.49. The van der Waals surface area contributed by atoms with Crippen LogP contribution in [0.3, 0.4) is 0 Å².